The van der Waals surface area contributed by atoms with E-state index in [0.717, 1.165) is 23.2 Å². The lowest BCUT2D eigenvalue weighted by molar-refractivity contribution is 0.267. The predicted molar refractivity (Wildman–Crippen MR) is 74.6 cm³/mol. The minimum Gasteiger partial charge on any atom is -0.493 e. The molecule has 0 amide bonds. The van der Waals surface area contributed by atoms with Gasteiger partial charge in [0, 0.05) is 10.5 Å². The van der Waals surface area contributed by atoms with Crippen molar-refractivity contribution < 1.29 is 4.74 Å². The van der Waals surface area contributed by atoms with Crippen LogP contribution in [0.15, 0.2) is 22.7 Å². The van der Waals surface area contributed by atoms with Crippen LogP contribution in [0.4, 0.5) is 0 Å². The average Bonchev–Trinajstić information content (AvgIpc) is 2.33. The molecule has 1 saturated heterocycles. The van der Waals surface area contributed by atoms with Crippen molar-refractivity contribution in [3.63, 3.8) is 0 Å². The van der Waals surface area contributed by atoms with E-state index in [-0.39, 0.29) is 0 Å². The number of benzene rings is 1. The maximum atomic E-state index is 5.83. The quantitative estimate of drug-likeness (QED) is 0.916. The van der Waals surface area contributed by atoms with Crippen LogP contribution in [0, 0.1) is 6.92 Å². The minimum absolute atomic E-state index is 0.652. The van der Waals surface area contributed by atoms with E-state index in [1.807, 2.05) is 12.1 Å². The van der Waals surface area contributed by atoms with Crippen LogP contribution < -0.4 is 10.1 Å². The molecule has 1 aromatic carbocycles. The highest BCUT2D eigenvalue weighted by Crippen LogP contribution is 2.22. The van der Waals surface area contributed by atoms with Gasteiger partial charge in [0.1, 0.15) is 5.75 Å². The van der Waals surface area contributed by atoms with Crippen LogP contribution in [0.25, 0.3) is 0 Å². The van der Waals surface area contributed by atoms with Crippen molar-refractivity contribution in [1.29, 1.82) is 0 Å². The van der Waals surface area contributed by atoms with Gasteiger partial charge in [-0.2, -0.15) is 0 Å². The van der Waals surface area contributed by atoms with Gasteiger partial charge in [0.05, 0.1) is 6.61 Å². The summed E-state index contributed by atoms with van der Waals surface area (Å²) in [6.45, 7) is 4.06. The molecule has 2 rings (SSSR count). The molecule has 0 spiro atoms. The maximum Gasteiger partial charge on any atom is 0.122 e. The normalized spacial score (nSPS) is 20.2. The van der Waals surface area contributed by atoms with Gasteiger partial charge in [-0.1, -0.05) is 22.4 Å². The third-order valence-electron chi connectivity index (χ3n) is 3.27. The molecule has 0 saturated carbocycles. The highest BCUT2D eigenvalue weighted by molar-refractivity contribution is 9.10. The molecule has 1 N–H and O–H groups in total. The van der Waals surface area contributed by atoms with Gasteiger partial charge >= 0.3 is 0 Å². The topological polar surface area (TPSA) is 21.3 Å². The standard InChI is InChI=1S/C14H20BrNO/c1-11-10-12(15)5-6-14(11)17-9-7-13-4-2-3-8-16-13/h5-6,10,13,16H,2-4,7-9H2,1H3/t13-/m0/s1. The number of hydrogen-bond acceptors (Lipinski definition) is 2. The van der Waals surface area contributed by atoms with Crippen LogP contribution in [-0.2, 0) is 0 Å². The molecule has 1 aliphatic heterocycles. The number of aryl methyl sites for hydroxylation is 1. The minimum atomic E-state index is 0.652. The van der Waals surface area contributed by atoms with Gasteiger partial charge in [-0.15, -0.1) is 0 Å². The molecular weight excluding hydrogens is 278 g/mol. The fourth-order valence-corrected chi connectivity index (χ4v) is 2.73. The zero-order chi connectivity index (χ0) is 12.1. The number of halogens is 1. The maximum absolute atomic E-state index is 5.83. The Balaban J connectivity index is 1.77. The van der Waals surface area contributed by atoms with E-state index < -0.39 is 0 Å². The molecule has 1 fully saturated rings. The molecule has 94 valence electrons. The van der Waals surface area contributed by atoms with E-state index in [2.05, 4.69) is 34.2 Å². The van der Waals surface area contributed by atoms with Crippen LogP contribution in [0.3, 0.4) is 0 Å². The van der Waals surface area contributed by atoms with Crippen molar-refractivity contribution in [2.45, 2.75) is 38.6 Å². The molecule has 0 aromatic heterocycles. The third-order valence-corrected chi connectivity index (χ3v) is 3.77. The summed E-state index contributed by atoms with van der Waals surface area (Å²) in [4.78, 5) is 0. The molecule has 0 aliphatic carbocycles. The Morgan fingerprint density at radius 2 is 2.29 bits per heavy atom. The molecule has 0 radical (unpaired) electrons. The van der Waals surface area contributed by atoms with Crippen LogP contribution in [0.1, 0.15) is 31.2 Å². The number of hydrogen-bond donors (Lipinski definition) is 1. The summed E-state index contributed by atoms with van der Waals surface area (Å²) < 4.78 is 6.94. The van der Waals surface area contributed by atoms with Crippen molar-refractivity contribution in [3.05, 3.63) is 28.2 Å². The highest BCUT2D eigenvalue weighted by atomic mass is 79.9. The van der Waals surface area contributed by atoms with Crippen molar-refractivity contribution >= 4 is 15.9 Å². The number of nitrogens with one attached hydrogen (secondary N) is 1. The summed E-state index contributed by atoms with van der Waals surface area (Å²) in [5.74, 6) is 1.00. The summed E-state index contributed by atoms with van der Waals surface area (Å²) in [6.07, 6.45) is 5.08. The Bertz CT molecular complexity index is 361. The van der Waals surface area contributed by atoms with E-state index in [1.165, 1.54) is 31.4 Å². The van der Waals surface area contributed by atoms with Crippen LogP contribution >= 0.6 is 15.9 Å². The van der Waals surface area contributed by atoms with E-state index in [9.17, 15) is 0 Å². The first kappa shape index (κ1) is 12.9. The Hall–Kier alpha value is -0.540. The number of rotatable bonds is 4. The summed E-state index contributed by atoms with van der Waals surface area (Å²) in [7, 11) is 0. The van der Waals surface area contributed by atoms with Gasteiger partial charge in [0.25, 0.3) is 0 Å². The van der Waals surface area contributed by atoms with E-state index in [4.69, 9.17) is 4.74 Å². The summed E-state index contributed by atoms with van der Waals surface area (Å²) in [6, 6.07) is 6.81. The zero-order valence-electron chi connectivity index (χ0n) is 10.3. The first-order valence-corrected chi connectivity index (χ1v) is 7.17. The second-order valence-corrected chi connectivity index (χ2v) is 5.61. The highest BCUT2D eigenvalue weighted by Gasteiger charge is 2.12. The van der Waals surface area contributed by atoms with Crippen LogP contribution in [-0.4, -0.2) is 19.2 Å². The first-order valence-electron chi connectivity index (χ1n) is 6.38. The molecule has 0 unspecified atom stereocenters. The second-order valence-electron chi connectivity index (χ2n) is 4.69. The van der Waals surface area contributed by atoms with Crippen molar-refractivity contribution in [3.8, 4) is 5.75 Å². The molecule has 1 heterocycles. The Morgan fingerprint density at radius 1 is 1.41 bits per heavy atom. The fraction of sp³-hybridized carbons (Fsp3) is 0.571. The number of piperidine rings is 1. The lowest BCUT2D eigenvalue weighted by Crippen LogP contribution is -2.35. The molecule has 1 atom stereocenters. The van der Waals surface area contributed by atoms with Crippen LogP contribution in [0.2, 0.25) is 0 Å². The fourth-order valence-electron chi connectivity index (χ4n) is 2.26. The van der Waals surface area contributed by atoms with Gasteiger partial charge in [-0.05, 0) is 56.5 Å². The first-order chi connectivity index (χ1) is 8.25. The van der Waals surface area contributed by atoms with Crippen molar-refractivity contribution in [2.24, 2.45) is 0 Å². The Morgan fingerprint density at radius 3 is 3.00 bits per heavy atom. The SMILES string of the molecule is Cc1cc(Br)ccc1OCC[C@@H]1CCCCN1. The third kappa shape index (κ3) is 4.00. The lowest BCUT2D eigenvalue weighted by atomic mass is 10.0. The lowest BCUT2D eigenvalue weighted by Gasteiger charge is -2.23. The summed E-state index contributed by atoms with van der Waals surface area (Å²) in [5.41, 5.74) is 1.19. The van der Waals surface area contributed by atoms with Gasteiger partial charge in [-0.3, -0.25) is 0 Å². The molecular formula is C14H20BrNO. The van der Waals surface area contributed by atoms with Crippen molar-refractivity contribution in [2.75, 3.05) is 13.2 Å². The van der Waals surface area contributed by atoms with Gasteiger partial charge in [0.2, 0.25) is 0 Å². The van der Waals surface area contributed by atoms with Gasteiger partial charge in [-0.25, -0.2) is 0 Å². The molecule has 2 nitrogen and oxygen atoms in total. The van der Waals surface area contributed by atoms with Crippen molar-refractivity contribution in [1.82, 2.24) is 5.32 Å². The Kier molecular flexibility index (Phi) is 4.86. The predicted octanol–water partition coefficient (Wildman–Crippen LogP) is 3.67. The smallest absolute Gasteiger partial charge is 0.122 e. The average molecular weight is 298 g/mol. The molecule has 3 heteroatoms. The van der Waals surface area contributed by atoms with Crippen LogP contribution in [0.5, 0.6) is 5.75 Å². The molecule has 1 aliphatic rings. The summed E-state index contributed by atoms with van der Waals surface area (Å²) >= 11 is 3.46. The summed E-state index contributed by atoms with van der Waals surface area (Å²) in [5, 5.41) is 3.54. The van der Waals surface area contributed by atoms with Gasteiger partial charge < -0.3 is 10.1 Å². The molecule has 1 aromatic rings. The van der Waals surface area contributed by atoms with E-state index >= 15 is 0 Å². The largest absolute Gasteiger partial charge is 0.493 e. The van der Waals surface area contributed by atoms with E-state index in [0.29, 0.717) is 6.04 Å². The van der Waals surface area contributed by atoms with Gasteiger partial charge in [0.15, 0.2) is 0 Å². The molecule has 17 heavy (non-hydrogen) atoms. The monoisotopic (exact) mass is 297 g/mol. The zero-order valence-corrected chi connectivity index (χ0v) is 11.9. The Labute approximate surface area is 112 Å². The molecule has 0 bridgehead atoms. The number of ether oxygens (including phenoxy) is 1. The second kappa shape index (κ2) is 6.41. The van der Waals surface area contributed by atoms with E-state index in [1.54, 1.807) is 0 Å².